The van der Waals surface area contributed by atoms with Crippen molar-refractivity contribution < 1.29 is 0 Å². The van der Waals surface area contributed by atoms with Crippen LogP contribution in [0.1, 0.15) is 0 Å². The first kappa shape index (κ1) is 6.60. The van der Waals surface area contributed by atoms with E-state index in [0.717, 1.165) is 5.71 Å². The monoisotopic (exact) mass is 166 g/mol. The first-order chi connectivity index (χ1) is 5.40. The highest BCUT2D eigenvalue weighted by atomic mass is 32.2. The highest BCUT2D eigenvalue weighted by Gasteiger charge is 2.24. The summed E-state index contributed by atoms with van der Waals surface area (Å²) in [6, 6.07) is 0. The predicted octanol–water partition coefficient (Wildman–Crippen LogP) is 0.371. The predicted molar refractivity (Wildman–Crippen MR) is 48.1 cm³/mol. The van der Waals surface area contributed by atoms with Gasteiger partial charge >= 0.3 is 0 Å². The van der Waals surface area contributed by atoms with E-state index >= 15 is 0 Å². The Bertz CT molecular complexity index is 289. The molecule has 0 radical (unpaired) electrons. The minimum atomic E-state index is 0.0855. The van der Waals surface area contributed by atoms with Gasteiger partial charge in [0.05, 0.1) is 5.71 Å². The van der Waals surface area contributed by atoms with Gasteiger partial charge in [0.2, 0.25) is 5.17 Å². The molecule has 0 aromatic heterocycles. The number of nitrogens with two attached hydrogens (primary N) is 1. The second-order valence-corrected chi connectivity index (χ2v) is 3.12. The molecule has 0 fully saturated rings. The number of nitrogens with zero attached hydrogens (tertiary/aromatic N) is 3. The molecule has 4 nitrogen and oxygen atoms in total. The summed E-state index contributed by atoms with van der Waals surface area (Å²) >= 11 is 1.47. The van der Waals surface area contributed by atoms with E-state index in [1.54, 1.807) is 6.21 Å². The van der Waals surface area contributed by atoms with Gasteiger partial charge in [0.25, 0.3) is 0 Å². The van der Waals surface area contributed by atoms with Crippen LogP contribution in [0.3, 0.4) is 0 Å². The van der Waals surface area contributed by atoms with Gasteiger partial charge in [-0.05, 0) is 12.2 Å². The van der Waals surface area contributed by atoms with Gasteiger partial charge in [0, 0.05) is 6.21 Å². The fourth-order valence-corrected chi connectivity index (χ4v) is 1.71. The standard InChI is InChI=1S/C6H6N4S/c7-10-6-9-4-2-1-3-8-5(4)11-6/h1-3,5H,7H2/b10-6+. The number of dihydropyridines is 1. The van der Waals surface area contributed by atoms with E-state index in [4.69, 9.17) is 5.84 Å². The van der Waals surface area contributed by atoms with Crippen LogP contribution in [0.4, 0.5) is 0 Å². The van der Waals surface area contributed by atoms with E-state index in [1.807, 2.05) is 12.2 Å². The molecule has 2 aliphatic rings. The van der Waals surface area contributed by atoms with E-state index in [1.165, 1.54) is 11.8 Å². The second kappa shape index (κ2) is 2.50. The van der Waals surface area contributed by atoms with E-state index in [0.29, 0.717) is 5.17 Å². The maximum Gasteiger partial charge on any atom is 0.208 e. The zero-order chi connectivity index (χ0) is 7.68. The minimum Gasteiger partial charge on any atom is -0.321 e. The molecule has 2 heterocycles. The Balaban J connectivity index is 2.33. The highest BCUT2D eigenvalue weighted by molar-refractivity contribution is 8.15. The number of hydrogen-bond donors (Lipinski definition) is 1. The summed E-state index contributed by atoms with van der Waals surface area (Å²) in [5.41, 5.74) is 0.932. The average molecular weight is 166 g/mol. The van der Waals surface area contributed by atoms with Crippen LogP contribution in [0, 0.1) is 0 Å². The van der Waals surface area contributed by atoms with E-state index < -0.39 is 0 Å². The number of fused-ring (bicyclic) bond motifs is 1. The zero-order valence-corrected chi connectivity index (χ0v) is 6.45. The number of allylic oxidation sites excluding steroid dienone is 1. The van der Waals surface area contributed by atoms with Gasteiger partial charge in [-0.3, -0.25) is 4.99 Å². The van der Waals surface area contributed by atoms with Crippen LogP contribution < -0.4 is 5.84 Å². The lowest BCUT2D eigenvalue weighted by Crippen LogP contribution is -2.10. The molecule has 56 valence electrons. The molecule has 5 heteroatoms. The molecule has 2 aliphatic heterocycles. The van der Waals surface area contributed by atoms with Crippen LogP contribution in [0.5, 0.6) is 0 Å². The summed E-state index contributed by atoms with van der Waals surface area (Å²) in [6.45, 7) is 0. The van der Waals surface area contributed by atoms with Crippen molar-refractivity contribution in [3.8, 4) is 0 Å². The van der Waals surface area contributed by atoms with Crippen molar-refractivity contribution in [1.82, 2.24) is 0 Å². The van der Waals surface area contributed by atoms with E-state index in [2.05, 4.69) is 15.1 Å². The number of thioether (sulfide) groups is 1. The highest BCUT2D eigenvalue weighted by Crippen LogP contribution is 2.25. The smallest absolute Gasteiger partial charge is 0.208 e. The molecule has 0 aromatic rings. The van der Waals surface area contributed by atoms with Crippen LogP contribution in [0.25, 0.3) is 0 Å². The number of hydrazone groups is 1. The van der Waals surface area contributed by atoms with Gasteiger partial charge in [-0.2, -0.15) is 5.10 Å². The van der Waals surface area contributed by atoms with Gasteiger partial charge < -0.3 is 5.84 Å². The van der Waals surface area contributed by atoms with Crippen LogP contribution in [0.15, 0.2) is 27.2 Å². The van der Waals surface area contributed by atoms with Crippen molar-refractivity contribution in [2.75, 3.05) is 0 Å². The number of rotatable bonds is 0. The van der Waals surface area contributed by atoms with Gasteiger partial charge in [-0.1, -0.05) is 11.8 Å². The Hall–Kier alpha value is -1.10. The molecule has 2 rings (SSSR count). The molecule has 0 bridgehead atoms. The average Bonchev–Trinajstić information content (AvgIpc) is 2.46. The van der Waals surface area contributed by atoms with Gasteiger partial charge in [-0.25, -0.2) is 4.99 Å². The Morgan fingerprint density at radius 2 is 2.55 bits per heavy atom. The lowest BCUT2D eigenvalue weighted by molar-refractivity contribution is 1.23. The fourth-order valence-electron chi connectivity index (χ4n) is 0.907. The topological polar surface area (TPSA) is 63.1 Å². The zero-order valence-electron chi connectivity index (χ0n) is 5.64. The molecular formula is C6H6N4S. The van der Waals surface area contributed by atoms with Gasteiger partial charge in [0.15, 0.2) is 0 Å². The van der Waals surface area contributed by atoms with Crippen molar-refractivity contribution in [2.24, 2.45) is 20.9 Å². The first-order valence-electron chi connectivity index (χ1n) is 3.13. The van der Waals surface area contributed by atoms with Gasteiger partial charge in [-0.15, -0.1) is 0 Å². The van der Waals surface area contributed by atoms with Crippen LogP contribution >= 0.6 is 11.8 Å². The number of aliphatic imine (C=N–C) groups is 2. The number of amidine groups is 1. The molecule has 1 unspecified atom stereocenters. The summed E-state index contributed by atoms with van der Waals surface area (Å²) in [5.74, 6) is 5.07. The molecule has 0 aliphatic carbocycles. The van der Waals surface area contributed by atoms with E-state index in [-0.39, 0.29) is 5.37 Å². The van der Waals surface area contributed by atoms with Gasteiger partial charge in [0.1, 0.15) is 5.37 Å². The maximum absolute atomic E-state index is 5.07. The molecule has 0 aromatic carbocycles. The summed E-state index contributed by atoms with van der Waals surface area (Å²) in [4.78, 5) is 8.31. The first-order valence-corrected chi connectivity index (χ1v) is 4.01. The quantitative estimate of drug-likeness (QED) is 0.417. The number of hydrogen-bond acceptors (Lipinski definition) is 4. The Labute approximate surface area is 68.0 Å². The SMILES string of the molecule is N/N=C1\N=C2C=CC=NC2S1. The summed E-state index contributed by atoms with van der Waals surface area (Å²) in [7, 11) is 0. The van der Waals surface area contributed by atoms with Crippen molar-refractivity contribution in [3.05, 3.63) is 12.2 Å². The summed E-state index contributed by atoms with van der Waals surface area (Å²) in [6.07, 6.45) is 5.54. The van der Waals surface area contributed by atoms with Crippen LogP contribution in [0.2, 0.25) is 0 Å². The molecule has 0 saturated heterocycles. The molecule has 0 spiro atoms. The van der Waals surface area contributed by atoms with Crippen molar-refractivity contribution in [2.45, 2.75) is 5.37 Å². The third-order valence-corrected chi connectivity index (χ3v) is 2.37. The molecule has 0 amide bonds. The molecule has 11 heavy (non-hydrogen) atoms. The molecular weight excluding hydrogens is 160 g/mol. The summed E-state index contributed by atoms with van der Waals surface area (Å²) < 4.78 is 0. The minimum absolute atomic E-state index is 0.0855. The Morgan fingerprint density at radius 3 is 3.27 bits per heavy atom. The lowest BCUT2D eigenvalue weighted by atomic mass is 10.3. The lowest BCUT2D eigenvalue weighted by Gasteiger charge is -2.03. The van der Waals surface area contributed by atoms with Crippen molar-refractivity contribution in [3.63, 3.8) is 0 Å². The largest absolute Gasteiger partial charge is 0.321 e. The van der Waals surface area contributed by atoms with Crippen molar-refractivity contribution in [1.29, 1.82) is 0 Å². The molecule has 0 saturated carbocycles. The maximum atomic E-state index is 5.07. The summed E-state index contributed by atoms with van der Waals surface area (Å²) in [5, 5.41) is 4.19. The van der Waals surface area contributed by atoms with Crippen molar-refractivity contribution >= 4 is 28.9 Å². The third-order valence-electron chi connectivity index (χ3n) is 1.38. The van der Waals surface area contributed by atoms with E-state index in [9.17, 15) is 0 Å². The molecule has 1 atom stereocenters. The second-order valence-electron chi connectivity index (χ2n) is 2.08. The van der Waals surface area contributed by atoms with Crippen LogP contribution in [-0.4, -0.2) is 22.5 Å². The fraction of sp³-hybridized carbons (Fsp3) is 0.167. The third kappa shape index (κ3) is 1.07. The van der Waals surface area contributed by atoms with Crippen LogP contribution in [-0.2, 0) is 0 Å². The Morgan fingerprint density at radius 1 is 1.64 bits per heavy atom. The Kier molecular flexibility index (Phi) is 1.50. The normalized spacial score (nSPS) is 30.7. The molecule has 2 N–H and O–H groups in total.